The topological polar surface area (TPSA) is 80.9 Å². The normalized spacial score (nSPS) is 15.7. The van der Waals surface area contributed by atoms with Crippen LogP contribution in [0.1, 0.15) is 24.1 Å². The van der Waals surface area contributed by atoms with Crippen molar-refractivity contribution >= 4 is 40.5 Å². The molecule has 164 valence electrons. The van der Waals surface area contributed by atoms with Gasteiger partial charge in [-0.05, 0) is 61.5 Å². The molecule has 7 nitrogen and oxygen atoms in total. The number of anilines is 1. The summed E-state index contributed by atoms with van der Waals surface area (Å²) in [6, 6.07) is 8.38. The summed E-state index contributed by atoms with van der Waals surface area (Å²) in [4.78, 5) is 13.3. The van der Waals surface area contributed by atoms with Crippen LogP contribution in [0.3, 0.4) is 0 Å². The van der Waals surface area contributed by atoms with Crippen LogP contribution in [0.2, 0.25) is 5.02 Å². The summed E-state index contributed by atoms with van der Waals surface area (Å²) < 4.78 is 16.4. The summed E-state index contributed by atoms with van der Waals surface area (Å²) in [6.45, 7) is 3.70. The number of nitrogens with one attached hydrogen (secondary N) is 3. The average Bonchev–Trinajstić information content (AvgIpc) is 2.74. The number of amides is 1. The van der Waals surface area contributed by atoms with E-state index in [2.05, 4.69) is 16.0 Å². The van der Waals surface area contributed by atoms with Gasteiger partial charge in [-0.15, -0.1) is 0 Å². The highest BCUT2D eigenvalue weighted by Gasteiger charge is 2.31. The van der Waals surface area contributed by atoms with Gasteiger partial charge in [-0.2, -0.15) is 0 Å². The lowest BCUT2D eigenvalue weighted by molar-refractivity contribution is -0.113. The molecule has 31 heavy (non-hydrogen) atoms. The van der Waals surface area contributed by atoms with Crippen molar-refractivity contribution in [3.8, 4) is 17.2 Å². The molecule has 2 aromatic carbocycles. The number of halogens is 1. The fourth-order valence-electron chi connectivity index (χ4n) is 3.43. The fourth-order valence-corrected chi connectivity index (χ4v) is 3.87. The Hall–Kier alpha value is -2.97. The van der Waals surface area contributed by atoms with Crippen molar-refractivity contribution in [2.75, 3.05) is 26.6 Å². The van der Waals surface area contributed by atoms with E-state index < -0.39 is 6.04 Å². The molecule has 0 unspecified atom stereocenters. The van der Waals surface area contributed by atoms with Crippen LogP contribution < -0.4 is 30.2 Å². The molecule has 1 atom stereocenters. The number of carbonyl (C=O) groups is 1. The lowest BCUT2D eigenvalue weighted by Gasteiger charge is -2.31. The van der Waals surface area contributed by atoms with E-state index in [4.69, 9.17) is 38.0 Å². The quantitative estimate of drug-likeness (QED) is 0.558. The predicted octanol–water partition coefficient (Wildman–Crippen LogP) is 4.11. The molecular formula is C22H24ClN3O4S. The zero-order chi connectivity index (χ0) is 22.7. The standard InChI is InChI=1S/C22H24ClN3O4S/c1-11-6-7-14(23)10-15(11)25-21(27)18-12(2)24-22(31)26-19(18)13-8-16(28-3)20(30-5)17(9-13)29-4/h6-10,19H,1-5H3,(H,25,27)(H2,24,26,31)/t19-/m1/s1. The van der Waals surface area contributed by atoms with Crippen LogP contribution >= 0.6 is 23.8 Å². The zero-order valence-corrected chi connectivity index (χ0v) is 19.5. The van der Waals surface area contributed by atoms with Gasteiger partial charge in [-0.1, -0.05) is 17.7 Å². The van der Waals surface area contributed by atoms with Gasteiger partial charge in [0.25, 0.3) is 5.91 Å². The van der Waals surface area contributed by atoms with E-state index in [0.29, 0.717) is 44.3 Å². The summed E-state index contributed by atoms with van der Waals surface area (Å²) in [7, 11) is 4.62. The number of rotatable bonds is 6. The van der Waals surface area contributed by atoms with Crippen LogP contribution in [0.15, 0.2) is 41.6 Å². The maximum atomic E-state index is 13.3. The second-order valence-corrected chi connectivity index (χ2v) is 7.79. The van der Waals surface area contributed by atoms with E-state index in [-0.39, 0.29) is 5.91 Å². The minimum Gasteiger partial charge on any atom is -0.493 e. The minimum absolute atomic E-state index is 0.288. The van der Waals surface area contributed by atoms with E-state index in [1.807, 2.05) is 13.0 Å². The van der Waals surface area contributed by atoms with Gasteiger partial charge < -0.3 is 30.2 Å². The van der Waals surface area contributed by atoms with E-state index in [9.17, 15) is 4.79 Å². The van der Waals surface area contributed by atoms with E-state index >= 15 is 0 Å². The maximum Gasteiger partial charge on any atom is 0.255 e. The van der Waals surface area contributed by atoms with Crippen molar-refractivity contribution in [1.29, 1.82) is 0 Å². The van der Waals surface area contributed by atoms with Gasteiger partial charge in [-0.25, -0.2) is 0 Å². The van der Waals surface area contributed by atoms with Crippen molar-refractivity contribution in [1.82, 2.24) is 10.6 Å². The lowest BCUT2D eigenvalue weighted by atomic mass is 9.94. The number of ether oxygens (including phenoxy) is 3. The molecule has 9 heteroatoms. The Balaban J connectivity index is 2.06. The first-order valence-corrected chi connectivity index (χ1v) is 10.2. The highest BCUT2D eigenvalue weighted by atomic mass is 35.5. The van der Waals surface area contributed by atoms with Crippen LogP contribution in [0, 0.1) is 6.92 Å². The summed E-state index contributed by atoms with van der Waals surface area (Å²) in [5, 5.41) is 10.1. The molecule has 1 aliphatic heterocycles. The zero-order valence-electron chi connectivity index (χ0n) is 17.9. The van der Waals surface area contributed by atoms with E-state index in [0.717, 1.165) is 11.1 Å². The summed E-state index contributed by atoms with van der Waals surface area (Å²) in [5.74, 6) is 1.13. The average molecular weight is 462 g/mol. The van der Waals surface area contributed by atoms with Gasteiger partial charge in [0.2, 0.25) is 5.75 Å². The van der Waals surface area contributed by atoms with Crippen molar-refractivity contribution in [3.63, 3.8) is 0 Å². The number of hydrogen-bond acceptors (Lipinski definition) is 5. The van der Waals surface area contributed by atoms with Crippen LogP contribution in [-0.4, -0.2) is 32.3 Å². The number of hydrogen-bond donors (Lipinski definition) is 3. The summed E-state index contributed by atoms with van der Waals surface area (Å²) in [6.07, 6.45) is 0. The van der Waals surface area contributed by atoms with E-state index in [1.165, 1.54) is 21.3 Å². The Morgan fingerprint density at radius 1 is 1.06 bits per heavy atom. The Morgan fingerprint density at radius 3 is 2.29 bits per heavy atom. The molecule has 0 aliphatic carbocycles. The molecule has 2 aromatic rings. The molecule has 1 aliphatic rings. The number of benzene rings is 2. The van der Waals surface area contributed by atoms with Gasteiger partial charge in [0, 0.05) is 16.4 Å². The largest absolute Gasteiger partial charge is 0.493 e. The van der Waals surface area contributed by atoms with Gasteiger partial charge in [-0.3, -0.25) is 4.79 Å². The van der Waals surface area contributed by atoms with Gasteiger partial charge in [0.1, 0.15) is 0 Å². The first-order chi connectivity index (χ1) is 14.8. The molecule has 0 spiro atoms. The maximum absolute atomic E-state index is 13.3. The van der Waals surface area contributed by atoms with E-state index in [1.54, 1.807) is 31.2 Å². The summed E-state index contributed by atoms with van der Waals surface area (Å²) in [5.41, 5.74) is 3.37. The van der Waals surface area contributed by atoms with Crippen LogP contribution in [0.4, 0.5) is 5.69 Å². The van der Waals surface area contributed by atoms with Crippen LogP contribution in [0.25, 0.3) is 0 Å². The molecule has 3 N–H and O–H groups in total. The predicted molar refractivity (Wildman–Crippen MR) is 125 cm³/mol. The first-order valence-electron chi connectivity index (χ1n) is 9.44. The number of allylic oxidation sites excluding steroid dienone is 1. The fraction of sp³-hybridized carbons (Fsp3) is 0.273. The van der Waals surface area contributed by atoms with Crippen molar-refractivity contribution in [2.24, 2.45) is 0 Å². The molecule has 0 fully saturated rings. The van der Waals surface area contributed by atoms with Gasteiger partial charge in [0.15, 0.2) is 16.6 Å². The second-order valence-electron chi connectivity index (χ2n) is 6.94. The molecule has 1 heterocycles. The van der Waals surface area contributed by atoms with Gasteiger partial charge >= 0.3 is 0 Å². The Kier molecular flexibility index (Phi) is 6.92. The Morgan fingerprint density at radius 2 is 1.71 bits per heavy atom. The molecular weight excluding hydrogens is 438 g/mol. The number of thiocarbonyl (C=S) groups is 1. The molecule has 1 amide bonds. The Bertz CT molecular complexity index is 1050. The second kappa shape index (κ2) is 9.45. The SMILES string of the molecule is COc1cc([C@H]2NC(=S)NC(C)=C2C(=O)Nc2cc(Cl)ccc2C)cc(OC)c1OC. The molecule has 0 saturated heterocycles. The van der Waals surface area contributed by atoms with Gasteiger partial charge in [0.05, 0.1) is 32.9 Å². The number of carbonyl (C=O) groups excluding carboxylic acids is 1. The lowest BCUT2D eigenvalue weighted by Crippen LogP contribution is -2.45. The van der Waals surface area contributed by atoms with Crippen LogP contribution in [0.5, 0.6) is 17.2 Å². The highest BCUT2D eigenvalue weighted by molar-refractivity contribution is 7.80. The number of aryl methyl sites for hydroxylation is 1. The molecule has 0 bridgehead atoms. The van der Waals surface area contributed by atoms with Crippen molar-refractivity contribution in [2.45, 2.75) is 19.9 Å². The minimum atomic E-state index is -0.540. The monoisotopic (exact) mass is 461 g/mol. The third kappa shape index (κ3) is 4.70. The Labute approximate surface area is 191 Å². The smallest absolute Gasteiger partial charge is 0.255 e. The van der Waals surface area contributed by atoms with Crippen molar-refractivity contribution < 1.29 is 19.0 Å². The van der Waals surface area contributed by atoms with Crippen molar-refractivity contribution in [3.05, 3.63) is 57.8 Å². The highest BCUT2D eigenvalue weighted by Crippen LogP contribution is 2.41. The number of methoxy groups -OCH3 is 3. The molecule has 0 saturated carbocycles. The third-order valence-electron chi connectivity index (χ3n) is 4.98. The molecule has 3 rings (SSSR count). The summed E-state index contributed by atoms with van der Waals surface area (Å²) >= 11 is 11.5. The molecule has 0 aromatic heterocycles. The third-order valence-corrected chi connectivity index (χ3v) is 5.44. The van der Waals surface area contributed by atoms with Crippen LogP contribution in [-0.2, 0) is 4.79 Å². The first kappa shape index (κ1) is 22.7. The molecule has 0 radical (unpaired) electrons.